The van der Waals surface area contributed by atoms with Crippen LogP contribution in [-0.4, -0.2) is 48.2 Å². The number of hydrogen-bond acceptors (Lipinski definition) is 6. The number of hydrogen-bond donors (Lipinski definition) is 0. The number of benzene rings is 1. The van der Waals surface area contributed by atoms with Gasteiger partial charge in [0.05, 0.1) is 24.0 Å². The van der Waals surface area contributed by atoms with E-state index in [1.54, 1.807) is 36.3 Å². The molecule has 1 aromatic carbocycles. The third-order valence-electron chi connectivity index (χ3n) is 5.69. The van der Waals surface area contributed by atoms with E-state index in [1.807, 2.05) is 11.4 Å². The van der Waals surface area contributed by atoms with E-state index >= 15 is 0 Å². The van der Waals surface area contributed by atoms with E-state index in [0.29, 0.717) is 54.3 Å². The number of rotatable bonds is 5. The summed E-state index contributed by atoms with van der Waals surface area (Å²) < 4.78 is 11.4. The third-order valence-corrected chi connectivity index (χ3v) is 6.60. The second-order valence-electron chi connectivity index (χ2n) is 7.53. The Kier molecular flexibility index (Phi) is 5.41. The zero-order chi connectivity index (χ0) is 20.4. The molecule has 4 rings (SSSR count). The molecule has 1 amide bonds. The molecule has 1 aromatic heterocycles. The van der Waals surface area contributed by atoms with Gasteiger partial charge in [-0.15, -0.1) is 11.3 Å². The number of carbonyl (C=O) groups excluding carboxylic acids is 3. The van der Waals surface area contributed by atoms with Gasteiger partial charge in [0, 0.05) is 38.8 Å². The summed E-state index contributed by atoms with van der Waals surface area (Å²) >= 11 is 1.40. The van der Waals surface area contributed by atoms with Gasteiger partial charge in [-0.2, -0.15) is 0 Å². The lowest BCUT2D eigenvalue weighted by Crippen LogP contribution is -2.52. The van der Waals surface area contributed by atoms with Crippen LogP contribution in [0, 0.1) is 0 Å². The molecule has 0 bridgehead atoms. The highest BCUT2D eigenvalue weighted by atomic mass is 32.1. The molecule has 0 unspecified atom stereocenters. The predicted molar refractivity (Wildman–Crippen MR) is 109 cm³/mol. The highest BCUT2D eigenvalue weighted by Gasteiger charge is 2.43. The molecular weight excluding hydrogens is 390 g/mol. The molecule has 0 saturated carbocycles. The first-order valence-electron chi connectivity index (χ1n) is 9.74. The molecule has 0 aliphatic carbocycles. The monoisotopic (exact) mass is 413 g/mol. The largest absolute Gasteiger partial charge is 0.497 e. The van der Waals surface area contributed by atoms with Gasteiger partial charge in [0.1, 0.15) is 17.1 Å². The first-order chi connectivity index (χ1) is 14.0. The normalized spacial score (nSPS) is 17.6. The van der Waals surface area contributed by atoms with Gasteiger partial charge < -0.3 is 14.4 Å². The van der Waals surface area contributed by atoms with Crippen LogP contribution in [0.3, 0.4) is 0 Å². The number of amides is 1. The number of ether oxygens (including phenoxy) is 2. The van der Waals surface area contributed by atoms with Crippen molar-refractivity contribution in [2.75, 3.05) is 20.2 Å². The van der Waals surface area contributed by atoms with Crippen molar-refractivity contribution in [2.45, 2.75) is 37.7 Å². The number of likely N-dealkylation sites (tertiary alicyclic amines) is 1. The molecule has 7 heteroatoms. The molecule has 2 aliphatic rings. The predicted octanol–water partition coefficient (Wildman–Crippen LogP) is 3.75. The van der Waals surface area contributed by atoms with Crippen molar-refractivity contribution in [2.24, 2.45) is 0 Å². The first kappa shape index (κ1) is 19.6. The molecule has 1 saturated heterocycles. The highest BCUT2D eigenvalue weighted by molar-refractivity contribution is 7.12. The Balaban J connectivity index is 1.34. The summed E-state index contributed by atoms with van der Waals surface area (Å²) in [6.07, 6.45) is 1.97. The molecule has 0 atom stereocenters. The van der Waals surface area contributed by atoms with Crippen molar-refractivity contribution in [3.63, 3.8) is 0 Å². The Morgan fingerprint density at radius 3 is 2.69 bits per heavy atom. The molecule has 6 nitrogen and oxygen atoms in total. The van der Waals surface area contributed by atoms with Crippen LogP contribution in [0.4, 0.5) is 0 Å². The second kappa shape index (κ2) is 7.99. The van der Waals surface area contributed by atoms with Gasteiger partial charge in [-0.25, -0.2) is 0 Å². The number of Topliss-reactive ketones (excluding diaryl/α,β-unsaturated/α-hetero) is 2. The van der Waals surface area contributed by atoms with Crippen molar-refractivity contribution in [1.82, 2.24) is 4.90 Å². The van der Waals surface area contributed by atoms with Crippen LogP contribution >= 0.6 is 11.3 Å². The molecule has 0 radical (unpaired) electrons. The smallest absolute Gasteiger partial charge is 0.223 e. The van der Waals surface area contributed by atoms with E-state index in [0.717, 1.165) is 0 Å². The molecule has 2 aromatic rings. The van der Waals surface area contributed by atoms with Crippen molar-refractivity contribution < 1.29 is 23.9 Å². The summed E-state index contributed by atoms with van der Waals surface area (Å²) in [6, 6.07) is 8.90. The lowest BCUT2D eigenvalue weighted by atomic mass is 9.82. The van der Waals surface area contributed by atoms with Crippen LogP contribution in [0.5, 0.6) is 11.5 Å². The summed E-state index contributed by atoms with van der Waals surface area (Å²) in [4.78, 5) is 39.8. The SMILES string of the molecule is COc1ccc2c(c1)C(=O)CC1(CCN(C(=O)CCC(=O)c3cccs3)CC1)O2. The second-order valence-corrected chi connectivity index (χ2v) is 8.48. The van der Waals surface area contributed by atoms with Gasteiger partial charge >= 0.3 is 0 Å². The van der Waals surface area contributed by atoms with Crippen LogP contribution in [0.25, 0.3) is 0 Å². The van der Waals surface area contributed by atoms with Gasteiger partial charge in [0.2, 0.25) is 5.91 Å². The molecule has 29 heavy (non-hydrogen) atoms. The Morgan fingerprint density at radius 2 is 2.00 bits per heavy atom. The molecule has 2 aliphatic heterocycles. The summed E-state index contributed by atoms with van der Waals surface area (Å²) in [5.74, 6) is 1.26. The highest BCUT2D eigenvalue weighted by Crippen LogP contribution is 2.40. The number of carbonyl (C=O) groups is 3. The molecule has 152 valence electrons. The van der Waals surface area contributed by atoms with Crippen molar-refractivity contribution in [3.8, 4) is 11.5 Å². The molecule has 1 fully saturated rings. The maximum absolute atomic E-state index is 12.7. The molecule has 1 spiro atoms. The number of piperidine rings is 1. The van der Waals surface area contributed by atoms with Crippen LogP contribution in [0.1, 0.15) is 52.1 Å². The third kappa shape index (κ3) is 4.05. The number of ketones is 2. The maximum Gasteiger partial charge on any atom is 0.223 e. The molecule has 3 heterocycles. The van der Waals surface area contributed by atoms with Gasteiger partial charge in [-0.05, 0) is 29.6 Å². The van der Waals surface area contributed by atoms with Crippen LogP contribution in [0.2, 0.25) is 0 Å². The summed E-state index contributed by atoms with van der Waals surface area (Å²) in [6.45, 7) is 1.07. The summed E-state index contributed by atoms with van der Waals surface area (Å²) in [7, 11) is 1.57. The van der Waals surface area contributed by atoms with Gasteiger partial charge in [-0.1, -0.05) is 6.07 Å². The molecule has 0 N–H and O–H groups in total. The van der Waals surface area contributed by atoms with E-state index in [4.69, 9.17) is 9.47 Å². The number of methoxy groups -OCH3 is 1. The Morgan fingerprint density at radius 1 is 1.21 bits per heavy atom. The summed E-state index contributed by atoms with van der Waals surface area (Å²) in [5.41, 5.74) is 0.00275. The fourth-order valence-corrected chi connectivity index (χ4v) is 4.68. The lowest BCUT2D eigenvalue weighted by Gasteiger charge is -2.44. The summed E-state index contributed by atoms with van der Waals surface area (Å²) in [5, 5.41) is 1.86. The van der Waals surface area contributed by atoms with Crippen molar-refractivity contribution in [3.05, 3.63) is 46.2 Å². The van der Waals surface area contributed by atoms with E-state index in [-0.39, 0.29) is 30.3 Å². The van der Waals surface area contributed by atoms with E-state index in [9.17, 15) is 14.4 Å². The van der Waals surface area contributed by atoms with E-state index in [1.165, 1.54) is 11.3 Å². The van der Waals surface area contributed by atoms with E-state index in [2.05, 4.69) is 0 Å². The van der Waals surface area contributed by atoms with Crippen molar-refractivity contribution in [1.29, 1.82) is 0 Å². The quantitative estimate of drug-likeness (QED) is 0.698. The van der Waals surface area contributed by atoms with Crippen LogP contribution < -0.4 is 9.47 Å². The number of thiophene rings is 1. The average Bonchev–Trinajstić information content (AvgIpc) is 3.27. The van der Waals surface area contributed by atoms with Gasteiger partial charge in [0.25, 0.3) is 0 Å². The topological polar surface area (TPSA) is 72.9 Å². The maximum atomic E-state index is 12.7. The fourth-order valence-electron chi connectivity index (χ4n) is 3.98. The molecular formula is C22H23NO5S. The minimum atomic E-state index is -0.553. The minimum absolute atomic E-state index is 0.00933. The lowest BCUT2D eigenvalue weighted by molar-refractivity contribution is -0.134. The van der Waals surface area contributed by atoms with Crippen LogP contribution in [0.15, 0.2) is 35.7 Å². The zero-order valence-electron chi connectivity index (χ0n) is 16.3. The van der Waals surface area contributed by atoms with Gasteiger partial charge in [0.15, 0.2) is 11.6 Å². The Hall–Kier alpha value is -2.67. The van der Waals surface area contributed by atoms with E-state index < -0.39 is 5.60 Å². The number of nitrogens with zero attached hydrogens (tertiary/aromatic N) is 1. The standard InChI is InChI=1S/C22H23NO5S/c1-27-15-4-6-19-16(13-15)18(25)14-22(28-19)8-10-23(11-9-22)21(26)7-5-17(24)20-3-2-12-29-20/h2-4,6,12-13H,5,7-11,14H2,1H3. The van der Waals surface area contributed by atoms with Crippen molar-refractivity contribution >= 4 is 28.8 Å². The first-order valence-corrected chi connectivity index (χ1v) is 10.6. The van der Waals surface area contributed by atoms with Crippen LogP contribution in [-0.2, 0) is 4.79 Å². The zero-order valence-corrected chi connectivity index (χ0v) is 17.1. The Labute approximate surface area is 173 Å². The van der Waals surface area contributed by atoms with Gasteiger partial charge in [-0.3, -0.25) is 14.4 Å². The fraction of sp³-hybridized carbons (Fsp3) is 0.409. The number of fused-ring (bicyclic) bond motifs is 1. The Bertz CT molecular complexity index is 929. The average molecular weight is 413 g/mol. The minimum Gasteiger partial charge on any atom is -0.497 e.